The number of halogens is 2. The number of nitrogens with one attached hydrogen (secondary N) is 3. The highest BCUT2D eigenvalue weighted by molar-refractivity contribution is 5.96. The second-order valence-corrected chi connectivity index (χ2v) is 5.00. The van der Waals surface area contributed by atoms with Crippen LogP contribution in [0, 0.1) is 11.6 Å². The minimum atomic E-state index is -0.989. The minimum Gasteiger partial charge on any atom is -0.351 e. The third kappa shape index (κ3) is 5.38. The summed E-state index contributed by atoms with van der Waals surface area (Å²) in [6.07, 6.45) is -0.135. The molecule has 0 radical (unpaired) electrons. The molecule has 0 spiro atoms. The zero-order valence-corrected chi connectivity index (χ0v) is 13.0. The lowest BCUT2D eigenvalue weighted by molar-refractivity contribution is -0.121. The van der Waals surface area contributed by atoms with Gasteiger partial charge in [-0.3, -0.25) is 25.2 Å². The Labute approximate surface area is 142 Å². The average Bonchev–Trinajstić information content (AvgIpc) is 2.60. The normalized spacial score (nSPS) is 10.0. The standard InChI is InChI=1S/C17H15F2N3O3/c18-12-6-7-13(14(19)10-12)17(25)20-9-8-15(23)21-22-16(24)11-4-2-1-3-5-11/h1-7,10H,8-9H2,(H,20,25)(H,21,23)(H,22,24). The molecule has 0 heterocycles. The van der Waals surface area contributed by atoms with Crippen LogP contribution >= 0.6 is 0 Å². The van der Waals surface area contributed by atoms with Crippen LogP contribution in [0.15, 0.2) is 48.5 Å². The van der Waals surface area contributed by atoms with Crippen LogP contribution in [0.1, 0.15) is 27.1 Å². The smallest absolute Gasteiger partial charge is 0.269 e. The molecule has 0 saturated heterocycles. The molecule has 0 saturated carbocycles. The van der Waals surface area contributed by atoms with Gasteiger partial charge < -0.3 is 5.32 Å². The summed E-state index contributed by atoms with van der Waals surface area (Å²) in [6, 6.07) is 10.9. The summed E-state index contributed by atoms with van der Waals surface area (Å²) in [6.45, 7) is -0.0807. The van der Waals surface area contributed by atoms with Gasteiger partial charge in [0.15, 0.2) is 0 Å². The lowest BCUT2D eigenvalue weighted by Crippen LogP contribution is -2.42. The first-order valence-corrected chi connectivity index (χ1v) is 7.35. The molecule has 0 aliphatic carbocycles. The van der Waals surface area contributed by atoms with E-state index in [0.29, 0.717) is 11.6 Å². The molecule has 0 bridgehead atoms. The zero-order chi connectivity index (χ0) is 18.2. The number of carbonyl (C=O) groups excluding carboxylic acids is 3. The highest BCUT2D eigenvalue weighted by Crippen LogP contribution is 2.09. The summed E-state index contributed by atoms with van der Waals surface area (Å²) in [5.41, 5.74) is 4.49. The van der Waals surface area contributed by atoms with Crippen molar-refractivity contribution in [2.45, 2.75) is 6.42 Å². The molecule has 0 aliphatic rings. The monoisotopic (exact) mass is 347 g/mol. The first-order valence-electron chi connectivity index (χ1n) is 7.35. The van der Waals surface area contributed by atoms with E-state index < -0.39 is 29.4 Å². The Morgan fingerprint density at radius 2 is 1.60 bits per heavy atom. The van der Waals surface area contributed by atoms with E-state index in [0.717, 1.165) is 12.1 Å². The van der Waals surface area contributed by atoms with Crippen molar-refractivity contribution < 1.29 is 23.2 Å². The summed E-state index contributed by atoms with van der Waals surface area (Å²) in [5, 5.41) is 2.33. The van der Waals surface area contributed by atoms with Crippen LogP contribution < -0.4 is 16.2 Å². The fourth-order valence-corrected chi connectivity index (χ4v) is 1.91. The average molecular weight is 347 g/mol. The molecule has 3 N–H and O–H groups in total. The zero-order valence-electron chi connectivity index (χ0n) is 13.0. The molecule has 0 aliphatic heterocycles. The maximum Gasteiger partial charge on any atom is 0.269 e. The van der Waals surface area contributed by atoms with Crippen LogP contribution in [0.2, 0.25) is 0 Å². The number of rotatable bonds is 5. The van der Waals surface area contributed by atoms with Gasteiger partial charge in [-0.15, -0.1) is 0 Å². The van der Waals surface area contributed by atoms with Crippen LogP contribution in [0.25, 0.3) is 0 Å². The Hall–Kier alpha value is -3.29. The van der Waals surface area contributed by atoms with Crippen molar-refractivity contribution in [3.05, 3.63) is 71.3 Å². The molecule has 0 unspecified atom stereocenters. The molecule has 6 nitrogen and oxygen atoms in total. The van der Waals surface area contributed by atoms with Crippen LogP contribution in [0.5, 0.6) is 0 Å². The lowest BCUT2D eigenvalue weighted by Gasteiger charge is -2.08. The molecule has 8 heteroatoms. The fourth-order valence-electron chi connectivity index (χ4n) is 1.91. The molecular formula is C17H15F2N3O3. The van der Waals surface area contributed by atoms with Crippen molar-refractivity contribution >= 4 is 17.7 Å². The molecular weight excluding hydrogens is 332 g/mol. The van der Waals surface area contributed by atoms with Gasteiger partial charge in [-0.1, -0.05) is 18.2 Å². The first kappa shape index (κ1) is 18.1. The minimum absolute atomic E-state index is 0.0807. The van der Waals surface area contributed by atoms with E-state index in [1.165, 1.54) is 0 Å². The molecule has 0 fully saturated rings. The predicted octanol–water partition coefficient (Wildman–Crippen LogP) is 1.55. The SMILES string of the molecule is O=C(CCNC(=O)c1ccc(F)cc1F)NNC(=O)c1ccccc1. The van der Waals surface area contributed by atoms with E-state index in [9.17, 15) is 23.2 Å². The maximum absolute atomic E-state index is 13.4. The molecule has 130 valence electrons. The summed E-state index contributed by atoms with van der Waals surface area (Å²) < 4.78 is 26.2. The Kier molecular flexibility index (Phi) is 6.16. The summed E-state index contributed by atoms with van der Waals surface area (Å²) in [4.78, 5) is 35.1. The van der Waals surface area contributed by atoms with Crippen molar-refractivity contribution in [3.63, 3.8) is 0 Å². The van der Waals surface area contributed by atoms with Gasteiger partial charge in [-0.25, -0.2) is 8.78 Å². The van der Waals surface area contributed by atoms with Crippen LogP contribution in [-0.2, 0) is 4.79 Å². The highest BCUT2D eigenvalue weighted by atomic mass is 19.1. The van der Waals surface area contributed by atoms with E-state index in [4.69, 9.17) is 0 Å². The van der Waals surface area contributed by atoms with Gasteiger partial charge >= 0.3 is 0 Å². The van der Waals surface area contributed by atoms with E-state index in [1.54, 1.807) is 30.3 Å². The molecule has 0 atom stereocenters. The van der Waals surface area contributed by atoms with Gasteiger partial charge in [0.25, 0.3) is 11.8 Å². The largest absolute Gasteiger partial charge is 0.351 e. The van der Waals surface area contributed by atoms with Gasteiger partial charge in [-0.2, -0.15) is 0 Å². The molecule has 25 heavy (non-hydrogen) atoms. The second-order valence-electron chi connectivity index (χ2n) is 5.00. The van der Waals surface area contributed by atoms with Crippen molar-refractivity contribution in [2.24, 2.45) is 0 Å². The highest BCUT2D eigenvalue weighted by Gasteiger charge is 2.13. The Morgan fingerprint density at radius 1 is 0.880 bits per heavy atom. The Bertz CT molecular complexity index is 782. The molecule has 0 aromatic heterocycles. The van der Waals surface area contributed by atoms with E-state index in [2.05, 4.69) is 16.2 Å². The number of amides is 3. The Balaban J connectivity index is 1.73. The maximum atomic E-state index is 13.4. The van der Waals surface area contributed by atoms with E-state index >= 15 is 0 Å². The fraction of sp³-hybridized carbons (Fsp3) is 0.118. The summed E-state index contributed by atoms with van der Waals surface area (Å²) >= 11 is 0. The molecule has 2 rings (SSSR count). The Morgan fingerprint density at radius 3 is 2.28 bits per heavy atom. The van der Waals surface area contributed by atoms with Crippen LogP contribution in [0.4, 0.5) is 8.78 Å². The number of hydrogen-bond donors (Lipinski definition) is 3. The topological polar surface area (TPSA) is 87.3 Å². The van der Waals surface area contributed by atoms with Crippen molar-refractivity contribution in [1.82, 2.24) is 16.2 Å². The van der Waals surface area contributed by atoms with E-state index in [-0.39, 0.29) is 18.5 Å². The first-order chi connectivity index (χ1) is 12.0. The third-order valence-corrected chi connectivity index (χ3v) is 3.16. The van der Waals surface area contributed by atoms with Gasteiger partial charge in [0.05, 0.1) is 5.56 Å². The molecule has 2 aromatic carbocycles. The number of benzene rings is 2. The predicted molar refractivity (Wildman–Crippen MR) is 85.4 cm³/mol. The number of hydrazine groups is 1. The van der Waals surface area contributed by atoms with Crippen molar-refractivity contribution in [2.75, 3.05) is 6.54 Å². The third-order valence-electron chi connectivity index (χ3n) is 3.16. The van der Waals surface area contributed by atoms with Crippen LogP contribution in [0.3, 0.4) is 0 Å². The van der Waals surface area contributed by atoms with Gasteiger partial charge in [0.1, 0.15) is 11.6 Å². The van der Waals surface area contributed by atoms with Gasteiger partial charge in [-0.05, 0) is 24.3 Å². The van der Waals surface area contributed by atoms with Crippen molar-refractivity contribution in [3.8, 4) is 0 Å². The van der Waals surface area contributed by atoms with Gasteiger partial charge in [0.2, 0.25) is 5.91 Å². The summed E-state index contributed by atoms with van der Waals surface area (Å²) in [7, 11) is 0. The van der Waals surface area contributed by atoms with Crippen LogP contribution in [-0.4, -0.2) is 24.3 Å². The molecule has 3 amide bonds. The number of hydrogen-bond acceptors (Lipinski definition) is 3. The van der Waals surface area contributed by atoms with Crippen molar-refractivity contribution in [1.29, 1.82) is 0 Å². The van der Waals surface area contributed by atoms with Gasteiger partial charge in [0, 0.05) is 24.6 Å². The number of carbonyl (C=O) groups is 3. The quantitative estimate of drug-likeness (QED) is 0.717. The second kappa shape index (κ2) is 8.53. The lowest BCUT2D eigenvalue weighted by atomic mass is 10.2. The summed E-state index contributed by atoms with van der Waals surface area (Å²) in [5.74, 6) is -3.56. The molecule has 2 aromatic rings. The van der Waals surface area contributed by atoms with E-state index in [1.807, 2.05) is 0 Å².